The van der Waals surface area contributed by atoms with Crippen molar-refractivity contribution in [1.29, 1.82) is 0 Å². The van der Waals surface area contributed by atoms with E-state index in [1.54, 1.807) is 0 Å². The molecule has 0 unspecified atom stereocenters. The number of ether oxygens (including phenoxy) is 5. The molecule has 0 aromatic heterocycles. The van der Waals surface area contributed by atoms with E-state index in [0.29, 0.717) is 0 Å². The van der Waals surface area contributed by atoms with E-state index in [4.69, 9.17) is 28.8 Å². The summed E-state index contributed by atoms with van der Waals surface area (Å²) in [5, 5.41) is 78.1. The van der Waals surface area contributed by atoms with Crippen LogP contribution in [-0.4, -0.2) is 134 Å². The van der Waals surface area contributed by atoms with E-state index in [9.17, 15) is 35.7 Å². The van der Waals surface area contributed by atoms with E-state index in [0.717, 1.165) is 0 Å². The summed E-state index contributed by atoms with van der Waals surface area (Å²) in [4.78, 5) is 0. The maximum atomic E-state index is 10.2. The number of rotatable bonds is 5. The molecule has 0 radical (unpaired) electrons. The highest BCUT2D eigenvalue weighted by atomic mass is 16.8. The van der Waals surface area contributed by atoms with Crippen LogP contribution in [0.4, 0.5) is 0 Å². The minimum Gasteiger partial charge on any atom is -0.394 e. The molecule has 0 aliphatic carbocycles. The molecule has 3 aliphatic heterocycles. The second-order valence-electron chi connectivity index (χ2n) is 6.95. The van der Waals surface area contributed by atoms with Crippen LogP contribution in [0.15, 0.2) is 0 Å². The summed E-state index contributed by atoms with van der Waals surface area (Å²) in [5.41, 5.74) is 0. The highest BCUT2D eigenvalue weighted by Crippen LogP contribution is 2.29. The molecule has 13 heteroatoms. The van der Waals surface area contributed by atoms with Crippen LogP contribution in [0.2, 0.25) is 0 Å². The lowest BCUT2D eigenvalue weighted by Crippen LogP contribution is -2.60. The van der Waals surface area contributed by atoms with E-state index < -0.39 is 80.4 Å². The van der Waals surface area contributed by atoms with Crippen molar-refractivity contribution in [1.82, 2.24) is 0 Å². The van der Waals surface area contributed by atoms with Gasteiger partial charge < -0.3 is 64.5 Å². The van der Waals surface area contributed by atoms with Crippen molar-refractivity contribution < 1.29 is 64.5 Å². The molecule has 3 heterocycles. The Labute approximate surface area is 159 Å². The fourth-order valence-electron chi connectivity index (χ4n) is 3.26. The molecule has 3 rings (SSSR count). The molecule has 12 atom stereocenters. The third-order valence-electron chi connectivity index (χ3n) is 4.98. The molecule has 0 bridgehead atoms. The summed E-state index contributed by atoms with van der Waals surface area (Å²) < 4.78 is 26.3. The first-order valence-electron chi connectivity index (χ1n) is 8.81. The molecule has 3 fully saturated rings. The van der Waals surface area contributed by atoms with E-state index in [1.165, 1.54) is 0 Å². The van der Waals surface area contributed by atoms with Gasteiger partial charge in [0.1, 0.15) is 54.9 Å². The van der Waals surface area contributed by atoms with E-state index in [-0.39, 0.29) is 13.2 Å². The molecule has 0 amide bonds. The molecule has 3 saturated heterocycles. The van der Waals surface area contributed by atoms with Crippen molar-refractivity contribution in [3.63, 3.8) is 0 Å². The normalized spacial score (nSPS) is 52.7. The average molecular weight is 414 g/mol. The molecule has 13 nitrogen and oxygen atoms in total. The van der Waals surface area contributed by atoms with Gasteiger partial charge in [-0.1, -0.05) is 0 Å². The van der Waals surface area contributed by atoms with Gasteiger partial charge in [-0.05, 0) is 0 Å². The first-order chi connectivity index (χ1) is 13.2. The third kappa shape index (κ3) is 4.32. The van der Waals surface area contributed by atoms with Gasteiger partial charge in [-0.2, -0.15) is 0 Å². The Kier molecular flexibility index (Phi) is 7.20. The number of aliphatic hydroxyl groups is 8. The van der Waals surface area contributed by atoms with Crippen molar-refractivity contribution in [2.45, 2.75) is 73.8 Å². The molecule has 0 aromatic carbocycles. The van der Waals surface area contributed by atoms with Crippen molar-refractivity contribution in [3.05, 3.63) is 0 Å². The van der Waals surface area contributed by atoms with Crippen molar-refractivity contribution in [2.75, 3.05) is 19.8 Å². The Morgan fingerprint density at radius 2 is 1.39 bits per heavy atom. The van der Waals surface area contributed by atoms with Gasteiger partial charge in [0.25, 0.3) is 0 Å². The quantitative estimate of drug-likeness (QED) is 0.211. The van der Waals surface area contributed by atoms with Crippen molar-refractivity contribution in [2.24, 2.45) is 0 Å². The minimum atomic E-state index is -1.66. The highest BCUT2D eigenvalue weighted by Gasteiger charge is 2.50. The fraction of sp³-hybridized carbons (Fsp3) is 1.00. The Morgan fingerprint density at radius 3 is 2.04 bits per heavy atom. The lowest BCUT2D eigenvalue weighted by molar-refractivity contribution is -0.343. The van der Waals surface area contributed by atoms with Crippen LogP contribution in [0.5, 0.6) is 0 Å². The second-order valence-corrected chi connectivity index (χ2v) is 6.95. The Balaban J connectivity index is 1.69. The monoisotopic (exact) mass is 414 g/mol. The first kappa shape index (κ1) is 22.2. The maximum absolute atomic E-state index is 10.2. The van der Waals surface area contributed by atoms with Gasteiger partial charge in [-0.3, -0.25) is 0 Å². The van der Waals surface area contributed by atoms with Crippen molar-refractivity contribution >= 4 is 0 Å². The topological polar surface area (TPSA) is 208 Å². The smallest absolute Gasteiger partial charge is 0.187 e. The van der Waals surface area contributed by atoms with E-state index in [2.05, 4.69) is 0 Å². The predicted molar refractivity (Wildman–Crippen MR) is 83.2 cm³/mol. The third-order valence-corrected chi connectivity index (χ3v) is 4.98. The van der Waals surface area contributed by atoms with E-state index in [1.807, 2.05) is 0 Å². The minimum absolute atomic E-state index is 0.317. The summed E-state index contributed by atoms with van der Waals surface area (Å²) in [7, 11) is 0. The van der Waals surface area contributed by atoms with Crippen LogP contribution in [-0.2, 0) is 23.7 Å². The van der Waals surface area contributed by atoms with Crippen LogP contribution in [0.25, 0.3) is 0 Å². The predicted octanol–water partition coefficient (Wildman–Crippen LogP) is -5.66. The van der Waals surface area contributed by atoms with Gasteiger partial charge in [-0.15, -0.1) is 0 Å². The molecule has 28 heavy (non-hydrogen) atoms. The van der Waals surface area contributed by atoms with Gasteiger partial charge in [0.05, 0.1) is 19.8 Å². The van der Waals surface area contributed by atoms with Crippen LogP contribution in [0, 0.1) is 0 Å². The molecular weight excluding hydrogens is 388 g/mol. The molecular formula is C15H26O13. The maximum Gasteiger partial charge on any atom is 0.187 e. The van der Waals surface area contributed by atoms with Gasteiger partial charge in [0.2, 0.25) is 0 Å². The first-order valence-corrected chi connectivity index (χ1v) is 8.81. The zero-order valence-electron chi connectivity index (χ0n) is 14.7. The van der Waals surface area contributed by atoms with Gasteiger partial charge in [0, 0.05) is 0 Å². The molecule has 164 valence electrons. The van der Waals surface area contributed by atoms with Gasteiger partial charge >= 0.3 is 0 Å². The summed E-state index contributed by atoms with van der Waals surface area (Å²) in [6.07, 6.45) is -17.2. The van der Waals surface area contributed by atoms with Crippen LogP contribution >= 0.6 is 0 Å². The SMILES string of the molecule is OC[C@H]1O[C@H](O[C@@H]2[C@H](O)[C@H](O)OC[C@H]2O[C@@H]2OC[C@@H](O)[C@H](O)[C@H]2O)[C@@H](O)[C@@H]1O. The van der Waals surface area contributed by atoms with Gasteiger partial charge in [0.15, 0.2) is 18.9 Å². The summed E-state index contributed by atoms with van der Waals surface area (Å²) in [6.45, 7) is -1.22. The zero-order valence-corrected chi connectivity index (χ0v) is 14.7. The summed E-state index contributed by atoms with van der Waals surface area (Å²) in [5.74, 6) is 0. The molecule has 0 saturated carbocycles. The van der Waals surface area contributed by atoms with Gasteiger partial charge in [-0.25, -0.2) is 0 Å². The fourth-order valence-corrected chi connectivity index (χ4v) is 3.26. The van der Waals surface area contributed by atoms with Crippen molar-refractivity contribution in [3.8, 4) is 0 Å². The number of hydrogen-bond acceptors (Lipinski definition) is 13. The highest BCUT2D eigenvalue weighted by molar-refractivity contribution is 4.92. The lowest BCUT2D eigenvalue weighted by Gasteiger charge is -2.42. The van der Waals surface area contributed by atoms with Crippen LogP contribution < -0.4 is 0 Å². The van der Waals surface area contributed by atoms with Crippen LogP contribution in [0.3, 0.4) is 0 Å². The largest absolute Gasteiger partial charge is 0.394 e. The molecule has 8 N–H and O–H groups in total. The summed E-state index contributed by atoms with van der Waals surface area (Å²) in [6, 6.07) is 0. The number of hydrogen-bond donors (Lipinski definition) is 8. The molecule has 0 aromatic rings. The standard InChI is InChI=1S/C15H26O13/c16-1-5-8(19)10(21)15(26-5)28-12-6(3-24-13(23)11(12)22)27-14-9(20)7(18)4(17)2-25-14/h4-23H,1-3H2/t4-,5-,6-,7+,8-,9-,10+,11+,12+,13-,14+,15-/m1/s1. The Bertz CT molecular complexity index is 508. The average Bonchev–Trinajstić information content (AvgIpc) is 2.95. The van der Waals surface area contributed by atoms with Crippen LogP contribution in [0.1, 0.15) is 0 Å². The zero-order chi connectivity index (χ0) is 20.6. The lowest BCUT2D eigenvalue weighted by atomic mass is 10.0. The van der Waals surface area contributed by atoms with E-state index >= 15 is 0 Å². The Morgan fingerprint density at radius 1 is 0.714 bits per heavy atom. The molecule has 3 aliphatic rings. The number of aliphatic hydroxyl groups excluding tert-OH is 8. The molecule has 0 spiro atoms. The Hall–Kier alpha value is -0.520. The summed E-state index contributed by atoms with van der Waals surface area (Å²) >= 11 is 0. The second kappa shape index (κ2) is 9.09.